The largest absolute Gasteiger partial charge is 1.00 e. The van der Waals surface area contributed by atoms with E-state index < -0.39 is 0 Å². The summed E-state index contributed by atoms with van der Waals surface area (Å²) >= 11 is 0. The van der Waals surface area contributed by atoms with Gasteiger partial charge in [-0.15, -0.1) is 0 Å². The first-order valence-electron chi connectivity index (χ1n) is 27.2. The first-order chi connectivity index (χ1) is 30.5. The monoisotopic (exact) mass is 926 g/mol. The molecule has 0 fully saturated rings. The molecule has 0 bridgehead atoms. The standard InChI is InChI=1S/2C21H38N.C17H29N.2ClH/c1-4-5-6-7-8-9-10-11-12-16-19-22(2,3)20-21-17-14-13-15-18-21;1-2-3-4-5-6-7-8-9-10-11-12-13-14-16-19-22-20-17-15-18-21-22;1-2-3-4-5-6-7-8-9-10-11-14-17-15-12-13-16-18-17;;/h13-15,17-18H,4-12,16,19-20H2,1-3H3;15,17-18,20-21H,2-14,16,19H2,1H3;12-13,15-16H,2-11,14H2,1H3;2*1H/q2*+1;;;/p-2. The molecule has 0 N–H and O–H groups in total. The third-order valence-electron chi connectivity index (χ3n) is 12.6. The summed E-state index contributed by atoms with van der Waals surface area (Å²) in [4.78, 5) is 4.35. The summed E-state index contributed by atoms with van der Waals surface area (Å²) in [6, 6.07) is 23.4. The van der Waals surface area contributed by atoms with E-state index in [1.807, 2.05) is 12.3 Å². The molecular weight excluding hydrogens is 822 g/mol. The molecule has 2 aromatic heterocycles. The maximum absolute atomic E-state index is 4.35. The number of hydrogen-bond acceptors (Lipinski definition) is 1. The minimum Gasteiger partial charge on any atom is -1.00 e. The normalized spacial score (nSPS) is 10.8. The fourth-order valence-electron chi connectivity index (χ4n) is 8.60. The molecule has 0 aliphatic heterocycles. The van der Waals surface area contributed by atoms with E-state index in [4.69, 9.17) is 0 Å². The SMILES string of the molecule is CCCCCCCCCCCCCCCC[n+]1ccccc1.CCCCCCCCCCCC[N+](C)(C)Cc1ccccc1.CCCCCCCCCCCCc1ccccn1.[Cl-].[Cl-]. The number of quaternary nitrogens is 1. The van der Waals surface area contributed by atoms with Gasteiger partial charge in [-0.05, 0) is 44.2 Å². The van der Waals surface area contributed by atoms with E-state index >= 15 is 0 Å². The molecule has 370 valence electrons. The Kier molecular flexibility index (Phi) is 50.6. The fourth-order valence-corrected chi connectivity index (χ4v) is 8.60. The Balaban J connectivity index is 0. The minimum atomic E-state index is 0. The minimum absolute atomic E-state index is 0. The summed E-state index contributed by atoms with van der Waals surface area (Å²) in [6.45, 7) is 10.5. The molecule has 0 radical (unpaired) electrons. The van der Waals surface area contributed by atoms with Crippen LogP contribution in [0.1, 0.15) is 250 Å². The van der Waals surface area contributed by atoms with Crippen LogP contribution < -0.4 is 29.4 Å². The number of hydrogen-bond donors (Lipinski definition) is 0. The number of aryl methyl sites for hydroxylation is 2. The molecule has 3 rings (SSSR count). The second-order valence-corrected chi connectivity index (χ2v) is 19.4. The number of pyridine rings is 2. The van der Waals surface area contributed by atoms with Crippen molar-refractivity contribution in [3.05, 3.63) is 96.6 Å². The van der Waals surface area contributed by atoms with Crippen LogP contribution in [0.2, 0.25) is 0 Å². The average Bonchev–Trinajstić information content (AvgIpc) is 3.29. The molecule has 3 nitrogen and oxygen atoms in total. The van der Waals surface area contributed by atoms with E-state index in [1.165, 1.54) is 243 Å². The number of nitrogens with zero attached hydrogens (tertiary/aromatic N) is 3. The van der Waals surface area contributed by atoms with E-state index in [0.29, 0.717) is 0 Å². The second kappa shape index (κ2) is 50.5. The highest BCUT2D eigenvalue weighted by molar-refractivity contribution is 5.13. The maximum Gasteiger partial charge on any atom is 0.168 e. The van der Waals surface area contributed by atoms with E-state index in [0.717, 1.165) is 17.4 Å². The van der Waals surface area contributed by atoms with E-state index in [2.05, 4.69) is 117 Å². The summed E-state index contributed by atoms with van der Waals surface area (Å²) in [6.07, 6.45) is 55.7. The first-order valence-corrected chi connectivity index (χ1v) is 27.2. The van der Waals surface area contributed by atoms with Crippen LogP contribution in [0.3, 0.4) is 0 Å². The summed E-state index contributed by atoms with van der Waals surface area (Å²) < 4.78 is 3.40. The molecule has 0 aliphatic rings. The highest BCUT2D eigenvalue weighted by Gasteiger charge is 2.15. The molecule has 0 saturated heterocycles. The van der Waals surface area contributed by atoms with Crippen LogP contribution in [0.15, 0.2) is 85.3 Å². The zero-order valence-corrected chi connectivity index (χ0v) is 44.6. The molecule has 0 unspecified atom stereocenters. The van der Waals surface area contributed by atoms with Crippen molar-refractivity contribution in [3.63, 3.8) is 0 Å². The average molecular weight is 927 g/mol. The number of unbranched alkanes of at least 4 members (excludes halogenated alkanes) is 31. The lowest BCUT2D eigenvalue weighted by Crippen LogP contribution is -3.00. The van der Waals surface area contributed by atoms with Crippen LogP contribution in [0.4, 0.5) is 0 Å². The zero-order chi connectivity index (χ0) is 44.7. The molecule has 0 spiro atoms. The molecule has 0 atom stereocenters. The molecule has 64 heavy (non-hydrogen) atoms. The van der Waals surface area contributed by atoms with Crippen molar-refractivity contribution in [1.82, 2.24) is 4.98 Å². The lowest BCUT2D eigenvalue weighted by Gasteiger charge is -2.30. The molecule has 2 heterocycles. The molecule has 0 aliphatic carbocycles. The van der Waals surface area contributed by atoms with Crippen LogP contribution in [0, 0.1) is 0 Å². The van der Waals surface area contributed by atoms with Crippen LogP contribution in [0.5, 0.6) is 0 Å². The van der Waals surface area contributed by atoms with Gasteiger partial charge in [0.2, 0.25) is 0 Å². The van der Waals surface area contributed by atoms with Gasteiger partial charge in [0.15, 0.2) is 12.4 Å². The second-order valence-electron chi connectivity index (χ2n) is 19.4. The van der Waals surface area contributed by atoms with Gasteiger partial charge in [-0.2, -0.15) is 0 Å². The van der Waals surface area contributed by atoms with Gasteiger partial charge in [0.1, 0.15) is 13.1 Å². The van der Waals surface area contributed by atoms with Crippen LogP contribution in [-0.4, -0.2) is 30.1 Å². The van der Waals surface area contributed by atoms with Crippen LogP contribution in [-0.2, 0) is 19.5 Å². The van der Waals surface area contributed by atoms with Crippen molar-refractivity contribution >= 4 is 0 Å². The van der Waals surface area contributed by atoms with Gasteiger partial charge in [0.25, 0.3) is 0 Å². The van der Waals surface area contributed by atoms with Crippen molar-refractivity contribution in [3.8, 4) is 0 Å². The first kappa shape index (κ1) is 64.1. The van der Waals surface area contributed by atoms with Gasteiger partial charge in [0.05, 0.1) is 20.6 Å². The van der Waals surface area contributed by atoms with Crippen molar-refractivity contribution in [2.24, 2.45) is 0 Å². The third kappa shape index (κ3) is 45.2. The smallest absolute Gasteiger partial charge is 0.168 e. The molecule has 3 aromatic rings. The van der Waals surface area contributed by atoms with Crippen molar-refractivity contribution in [2.75, 3.05) is 20.6 Å². The Morgan fingerprint density at radius 1 is 0.391 bits per heavy atom. The van der Waals surface area contributed by atoms with Gasteiger partial charge in [-0.1, -0.05) is 249 Å². The Morgan fingerprint density at radius 3 is 1.16 bits per heavy atom. The van der Waals surface area contributed by atoms with E-state index in [1.54, 1.807) is 0 Å². The van der Waals surface area contributed by atoms with Crippen molar-refractivity contribution in [2.45, 2.75) is 259 Å². The van der Waals surface area contributed by atoms with E-state index in [9.17, 15) is 0 Å². The third-order valence-corrected chi connectivity index (χ3v) is 12.6. The predicted octanol–water partition coefficient (Wildman–Crippen LogP) is 12.2. The van der Waals surface area contributed by atoms with Gasteiger partial charge in [0, 0.05) is 36.0 Å². The van der Waals surface area contributed by atoms with Crippen LogP contribution in [0.25, 0.3) is 0 Å². The maximum atomic E-state index is 4.35. The summed E-state index contributed by atoms with van der Waals surface area (Å²) in [5.41, 5.74) is 2.71. The van der Waals surface area contributed by atoms with Gasteiger partial charge in [-0.25, -0.2) is 4.57 Å². The number of halogens is 2. The lowest BCUT2D eigenvalue weighted by atomic mass is 10.0. The van der Waals surface area contributed by atoms with Crippen LogP contribution >= 0.6 is 0 Å². The molecular formula is C59H105Cl2N3. The quantitative estimate of drug-likeness (QED) is 0.0316. The lowest BCUT2D eigenvalue weighted by molar-refractivity contribution is -0.903. The van der Waals surface area contributed by atoms with E-state index in [-0.39, 0.29) is 24.8 Å². The Hall–Kier alpha value is -1.94. The number of benzene rings is 1. The molecule has 5 heteroatoms. The molecule has 1 aromatic carbocycles. The highest BCUT2D eigenvalue weighted by atomic mass is 35.5. The Morgan fingerprint density at radius 2 is 0.750 bits per heavy atom. The van der Waals surface area contributed by atoms with Crippen molar-refractivity contribution in [1.29, 1.82) is 0 Å². The van der Waals surface area contributed by atoms with Gasteiger partial charge >= 0.3 is 0 Å². The predicted molar refractivity (Wildman–Crippen MR) is 276 cm³/mol. The topological polar surface area (TPSA) is 16.8 Å². The number of rotatable bonds is 39. The summed E-state index contributed by atoms with van der Waals surface area (Å²) in [5.74, 6) is 0. The molecule has 0 saturated carbocycles. The summed E-state index contributed by atoms with van der Waals surface area (Å²) in [7, 11) is 4.72. The zero-order valence-electron chi connectivity index (χ0n) is 43.1. The Bertz CT molecular complexity index is 1270. The summed E-state index contributed by atoms with van der Waals surface area (Å²) in [5, 5.41) is 0. The highest BCUT2D eigenvalue weighted by Crippen LogP contribution is 2.16. The van der Waals surface area contributed by atoms with Gasteiger partial charge in [-0.3, -0.25) is 4.98 Å². The van der Waals surface area contributed by atoms with Gasteiger partial charge < -0.3 is 29.3 Å². The Labute approximate surface area is 412 Å². The fraction of sp³-hybridized carbons (Fsp3) is 0.729. The van der Waals surface area contributed by atoms with Crippen molar-refractivity contribution < 1.29 is 33.9 Å². The molecule has 0 amide bonds. The number of aromatic nitrogens is 2.